The molecule has 1 aromatic rings. The maximum Gasteiger partial charge on any atom is 0.126 e. The topological polar surface area (TPSA) is 3.24 Å². The molecular formula is C22H40FN. The summed E-state index contributed by atoms with van der Waals surface area (Å²) in [6.45, 7) is 20.6. The van der Waals surface area contributed by atoms with Crippen LogP contribution in [0.4, 0.5) is 10.1 Å². The van der Waals surface area contributed by atoms with Crippen LogP contribution in [0.3, 0.4) is 0 Å². The average Bonchev–Trinajstić information content (AvgIpc) is 2.54. The van der Waals surface area contributed by atoms with Gasteiger partial charge in [0.05, 0.1) is 0 Å². The number of hydrogen-bond donors (Lipinski definition) is 0. The first-order valence-electron chi connectivity index (χ1n) is 9.63. The van der Waals surface area contributed by atoms with Crippen molar-refractivity contribution in [2.75, 3.05) is 4.90 Å². The van der Waals surface area contributed by atoms with Gasteiger partial charge in [-0.3, -0.25) is 0 Å². The second-order valence-corrected chi connectivity index (χ2v) is 5.98. The van der Waals surface area contributed by atoms with E-state index in [1.807, 2.05) is 39.8 Å². The first-order chi connectivity index (χ1) is 11.4. The molecular weight excluding hydrogens is 297 g/mol. The van der Waals surface area contributed by atoms with Crippen LogP contribution in [0.5, 0.6) is 0 Å². The van der Waals surface area contributed by atoms with Gasteiger partial charge in [-0.2, -0.15) is 0 Å². The van der Waals surface area contributed by atoms with Crippen LogP contribution >= 0.6 is 0 Å². The van der Waals surface area contributed by atoms with Crippen molar-refractivity contribution in [2.45, 2.75) is 93.5 Å². The highest BCUT2D eigenvalue weighted by atomic mass is 19.1. The zero-order valence-corrected chi connectivity index (χ0v) is 17.4. The van der Waals surface area contributed by atoms with Crippen molar-refractivity contribution < 1.29 is 4.39 Å². The number of halogens is 1. The van der Waals surface area contributed by atoms with E-state index >= 15 is 0 Å². The zero-order chi connectivity index (χ0) is 19.1. The third kappa shape index (κ3) is 9.10. The fourth-order valence-electron chi connectivity index (χ4n) is 2.59. The smallest absolute Gasteiger partial charge is 0.126 e. The molecule has 0 aliphatic carbocycles. The molecule has 0 heterocycles. The molecule has 2 heteroatoms. The molecule has 0 aliphatic rings. The van der Waals surface area contributed by atoms with E-state index in [0.717, 1.165) is 37.1 Å². The molecule has 0 radical (unpaired) electrons. The van der Waals surface area contributed by atoms with Gasteiger partial charge in [-0.15, -0.1) is 0 Å². The molecule has 1 rings (SSSR count). The molecule has 0 aliphatic heterocycles. The summed E-state index contributed by atoms with van der Waals surface area (Å²) in [7, 11) is 0. The minimum Gasteiger partial charge on any atom is -0.343 e. The molecule has 24 heavy (non-hydrogen) atoms. The van der Waals surface area contributed by atoms with E-state index in [-0.39, 0.29) is 5.82 Å². The Morgan fingerprint density at radius 1 is 1.08 bits per heavy atom. The van der Waals surface area contributed by atoms with Crippen molar-refractivity contribution in [2.24, 2.45) is 0 Å². The molecule has 0 aromatic heterocycles. The van der Waals surface area contributed by atoms with Crippen LogP contribution in [0, 0.1) is 12.7 Å². The van der Waals surface area contributed by atoms with E-state index in [2.05, 4.69) is 39.2 Å². The summed E-state index contributed by atoms with van der Waals surface area (Å²) in [5.74, 6) is -0.145. The summed E-state index contributed by atoms with van der Waals surface area (Å²) in [6, 6.07) is 5.78. The Bertz CT molecular complexity index is 434. The second kappa shape index (κ2) is 15.2. The third-order valence-corrected chi connectivity index (χ3v) is 3.44. The number of aryl methyl sites for hydroxylation is 1. The van der Waals surface area contributed by atoms with Crippen LogP contribution in [0.1, 0.15) is 86.1 Å². The molecule has 0 saturated heterocycles. The Balaban J connectivity index is 0. The predicted molar refractivity (Wildman–Crippen MR) is 109 cm³/mol. The standard InChI is InChI=1S/C17H26FN.C3H8.C2H6/c1-6-8-15(9-7-2)19(13(3)4)16-10-11-17(18)14(5)12-16;1-3-2;1-2/h10-12,15H,3,6-9H2,1-2,4-5H3;3H2,1-2H3;1-2H3. The Hall–Kier alpha value is -1.31. The number of anilines is 1. The summed E-state index contributed by atoms with van der Waals surface area (Å²) >= 11 is 0. The number of nitrogens with zero attached hydrogens (tertiary/aromatic N) is 1. The van der Waals surface area contributed by atoms with E-state index in [9.17, 15) is 4.39 Å². The van der Waals surface area contributed by atoms with E-state index in [1.54, 1.807) is 6.07 Å². The van der Waals surface area contributed by atoms with Crippen LogP contribution in [-0.2, 0) is 0 Å². The first kappa shape index (κ1) is 24.9. The molecule has 1 aromatic carbocycles. The molecule has 1 nitrogen and oxygen atoms in total. The Kier molecular flexibility index (Phi) is 15.8. The lowest BCUT2D eigenvalue weighted by Crippen LogP contribution is -2.33. The minimum absolute atomic E-state index is 0.145. The van der Waals surface area contributed by atoms with E-state index in [4.69, 9.17) is 0 Å². The lowest BCUT2D eigenvalue weighted by molar-refractivity contribution is 0.529. The highest BCUT2D eigenvalue weighted by molar-refractivity contribution is 5.54. The molecule has 0 bridgehead atoms. The SMILES string of the molecule is C=C(C)N(c1ccc(F)c(C)c1)C(CCC)CCC.CC.CCC. The van der Waals surface area contributed by atoms with Crippen LogP contribution < -0.4 is 4.90 Å². The Labute approximate surface area is 151 Å². The normalized spacial score (nSPS) is 9.58. The lowest BCUT2D eigenvalue weighted by atomic mass is 10.0. The second-order valence-electron chi connectivity index (χ2n) is 5.98. The molecule has 0 spiro atoms. The third-order valence-electron chi connectivity index (χ3n) is 3.44. The predicted octanol–water partition coefficient (Wildman–Crippen LogP) is 7.89. The highest BCUT2D eigenvalue weighted by Crippen LogP contribution is 2.27. The molecule has 0 N–H and O–H groups in total. The summed E-state index contributed by atoms with van der Waals surface area (Å²) < 4.78 is 13.4. The van der Waals surface area contributed by atoms with Crippen molar-refractivity contribution in [3.05, 3.63) is 41.9 Å². The molecule has 0 amide bonds. The zero-order valence-electron chi connectivity index (χ0n) is 17.4. The van der Waals surface area contributed by atoms with Crippen molar-refractivity contribution in [1.29, 1.82) is 0 Å². The van der Waals surface area contributed by atoms with Crippen molar-refractivity contribution in [3.8, 4) is 0 Å². The van der Waals surface area contributed by atoms with Gasteiger partial charge < -0.3 is 4.90 Å². The minimum atomic E-state index is -0.145. The number of hydrogen-bond acceptors (Lipinski definition) is 1. The molecule has 0 saturated carbocycles. The highest BCUT2D eigenvalue weighted by Gasteiger charge is 2.18. The Morgan fingerprint density at radius 2 is 1.54 bits per heavy atom. The summed E-state index contributed by atoms with van der Waals surface area (Å²) in [5, 5.41) is 0. The van der Waals surface area contributed by atoms with Crippen LogP contribution in [0.25, 0.3) is 0 Å². The summed E-state index contributed by atoms with van der Waals surface area (Å²) in [5.41, 5.74) is 2.77. The van der Waals surface area contributed by atoms with Gasteiger partial charge in [0.2, 0.25) is 0 Å². The van der Waals surface area contributed by atoms with Crippen LogP contribution in [0.2, 0.25) is 0 Å². The van der Waals surface area contributed by atoms with Gasteiger partial charge in [0.15, 0.2) is 0 Å². The fourth-order valence-corrected chi connectivity index (χ4v) is 2.59. The van der Waals surface area contributed by atoms with Gasteiger partial charge in [-0.25, -0.2) is 4.39 Å². The van der Waals surface area contributed by atoms with Crippen LogP contribution in [0.15, 0.2) is 30.5 Å². The van der Waals surface area contributed by atoms with Gasteiger partial charge in [0.1, 0.15) is 5.82 Å². The monoisotopic (exact) mass is 337 g/mol. The van der Waals surface area contributed by atoms with Crippen molar-refractivity contribution >= 4 is 5.69 Å². The Morgan fingerprint density at radius 3 is 1.88 bits per heavy atom. The van der Waals surface area contributed by atoms with Gasteiger partial charge in [-0.05, 0) is 50.5 Å². The van der Waals surface area contributed by atoms with Gasteiger partial charge in [0.25, 0.3) is 0 Å². The lowest BCUT2D eigenvalue weighted by Gasteiger charge is -2.34. The van der Waals surface area contributed by atoms with Crippen LogP contribution in [-0.4, -0.2) is 6.04 Å². The molecule has 0 atom stereocenters. The van der Waals surface area contributed by atoms with Gasteiger partial charge >= 0.3 is 0 Å². The number of allylic oxidation sites excluding steroid dienone is 1. The number of benzene rings is 1. The molecule has 0 unspecified atom stereocenters. The molecule has 140 valence electrons. The van der Waals surface area contributed by atoms with Crippen molar-refractivity contribution in [1.82, 2.24) is 0 Å². The molecule has 0 fully saturated rings. The van der Waals surface area contributed by atoms with Gasteiger partial charge in [0, 0.05) is 17.4 Å². The van der Waals surface area contributed by atoms with E-state index in [1.165, 1.54) is 6.42 Å². The average molecular weight is 338 g/mol. The number of rotatable bonds is 7. The van der Waals surface area contributed by atoms with Gasteiger partial charge in [-0.1, -0.05) is 67.4 Å². The van der Waals surface area contributed by atoms with E-state index in [0.29, 0.717) is 11.6 Å². The van der Waals surface area contributed by atoms with Crippen molar-refractivity contribution in [3.63, 3.8) is 0 Å². The quantitative estimate of drug-likeness (QED) is 0.489. The maximum absolute atomic E-state index is 13.4. The summed E-state index contributed by atoms with van der Waals surface area (Å²) in [4.78, 5) is 2.26. The largest absolute Gasteiger partial charge is 0.343 e. The fraction of sp³-hybridized carbons (Fsp3) is 0.636. The maximum atomic E-state index is 13.4. The summed E-state index contributed by atoms with van der Waals surface area (Å²) in [6.07, 6.45) is 5.82. The first-order valence-corrected chi connectivity index (χ1v) is 9.63. The van der Waals surface area contributed by atoms with E-state index < -0.39 is 0 Å².